The van der Waals surface area contributed by atoms with Crippen LogP contribution in [0.2, 0.25) is 0 Å². The predicted octanol–water partition coefficient (Wildman–Crippen LogP) is 0.977. The summed E-state index contributed by atoms with van der Waals surface area (Å²) in [5, 5.41) is 2.75. The van der Waals surface area contributed by atoms with Gasteiger partial charge in [-0.1, -0.05) is 0 Å². The molecule has 2 rings (SSSR count). The van der Waals surface area contributed by atoms with E-state index in [0.29, 0.717) is 10.2 Å². The molecule has 1 aromatic carbocycles. The number of nitrogen functional groups attached to an aromatic ring is 1. The maximum Gasteiger partial charge on any atom is 0.242 e. The van der Waals surface area contributed by atoms with E-state index in [0.717, 1.165) is 12.8 Å². The molecule has 1 unspecified atom stereocenters. The van der Waals surface area contributed by atoms with Crippen LogP contribution in [0, 0.1) is 0 Å². The Morgan fingerprint density at radius 3 is 2.70 bits per heavy atom. The Morgan fingerprint density at radius 2 is 2.10 bits per heavy atom. The van der Waals surface area contributed by atoms with Crippen molar-refractivity contribution in [3.63, 3.8) is 0 Å². The Morgan fingerprint density at radius 1 is 1.45 bits per heavy atom. The summed E-state index contributed by atoms with van der Waals surface area (Å²) >= 11 is 3.17. The van der Waals surface area contributed by atoms with Gasteiger partial charge in [0.15, 0.2) is 0 Å². The number of sulfonamides is 1. The SMILES string of the molecule is CC(NS(=O)(=O)c1cc(N)ccc1Br)C(=O)NC1CC1. The van der Waals surface area contributed by atoms with Gasteiger partial charge in [0, 0.05) is 16.2 Å². The lowest BCUT2D eigenvalue weighted by molar-refractivity contribution is -0.122. The molecule has 4 N–H and O–H groups in total. The largest absolute Gasteiger partial charge is 0.399 e. The monoisotopic (exact) mass is 361 g/mol. The molecule has 1 saturated carbocycles. The maximum atomic E-state index is 12.2. The molecule has 20 heavy (non-hydrogen) atoms. The fraction of sp³-hybridized carbons (Fsp3) is 0.417. The highest BCUT2D eigenvalue weighted by atomic mass is 79.9. The standard InChI is InChI=1S/C12H16BrN3O3S/c1-7(12(17)15-9-3-4-9)16-20(18,19)11-6-8(14)2-5-10(11)13/h2,5-7,9,16H,3-4,14H2,1H3,(H,15,17). The van der Waals surface area contributed by atoms with Crippen LogP contribution in [0.15, 0.2) is 27.6 Å². The minimum absolute atomic E-state index is 0.0172. The van der Waals surface area contributed by atoms with Crippen molar-refractivity contribution in [1.82, 2.24) is 10.0 Å². The number of halogens is 1. The molecule has 1 aliphatic carbocycles. The van der Waals surface area contributed by atoms with Gasteiger partial charge in [-0.05, 0) is 53.9 Å². The zero-order valence-corrected chi connectivity index (χ0v) is 13.3. The summed E-state index contributed by atoms with van der Waals surface area (Å²) in [6.45, 7) is 1.51. The van der Waals surface area contributed by atoms with Gasteiger partial charge in [0.2, 0.25) is 15.9 Å². The van der Waals surface area contributed by atoms with Gasteiger partial charge in [0.05, 0.1) is 10.9 Å². The molecular weight excluding hydrogens is 346 g/mol. The molecule has 0 saturated heterocycles. The van der Waals surface area contributed by atoms with E-state index in [-0.39, 0.29) is 16.8 Å². The van der Waals surface area contributed by atoms with Gasteiger partial charge in [-0.3, -0.25) is 4.79 Å². The number of carbonyl (C=O) groups is 1. The van der Waals surface area contributed by atoms with Crippen molar-refractivity contribution in [3.8, 4) is 0 Å². The van der Waals surface area contributed by atoms with Crippen LogP contribution in [0.1, 0.15) is 19.8 Å². The topological polar surface area (TPSA) is 101 Å². The first-order valence-corrected chi connectivity index (χ1v) is 8.45. The van der Waals surface area contributed by atoms with Gasteiger partial charge in [-0.2, -0.15) is 4.72 Å². The summed E-state index contributed by atoms with van der Waals surface area (Å²) in [4.78, 5) is 11.8. The van der Waals surface area contributed by atoms with Gasteiger partial charge in [0.1, 0.15) is 0 Å². The maximum absolute atomic E-state index is 12.2. The summed E-state index contributed by atoms with van der Waals surface area (Å²) in [5.41, 5.74) is 5.93. The van der Waals surface area contributed by atoms with Gasteiger partial charge >= 0.3 is 0 Å². The van der Waals surface area contributed by atoms with Crippen molar-refractivity contribution in [2.75, 3.05) is 5.73 Å². The molecule has 1 aromatic rings. The molecule has 0 bridgehead atoms. The number of carbonyl (C=O) groups excluding carboxylic acids is 1. The fourth-order valence-corrected chi connectivity index (χ4v) is 3.83. The van der Waals surface area contributed by atoms with E-state index < -0.39 is 16.1 Å². The van der Waals surface area contributed by atoms with Crippen LogP contribution in [0.3, 0.4) is 0 Å². The Hall–Kier alpha value is -1.12. The average Bonchev–Trinajstić information content (AvgIpc) is 3.15. The van der Waals surface area contributed by atoms with Crippen molar-refractivity contribution in [2.45, 2.75) is 36.7 Å². The molecule has 6 nitrogen and oxygen atoms in total. The Kier molecular flexibility index (Phi) is 4.36. The smallest absolute Gasteiger partial charge is 0.242 e. The Labute approximate surface area is 126 Å². The fourth-order valence-electron chi connectivity index (χ4n) is 1.63. The lowest BCUT2D eigenvalue weighted by Crippen LogP contribution is -2.45. The molecule has 0 aromatic heterocycles. The van der Waals surface area contributed by atoms with Gasteiger partial charge in [-0.15, -0.1) is 0 Å². The molecule has 1 amide bonds. The van der Waals surface area contributed by atoms with Crippen LogP contribution in [0.5, 0.6) is 0 Å². The number of nitrogens with one attached hydrogen (secondary N) is 2. The summed E-state index contributed by atoms with van der Waals surface area (Å²) in [6, 6.07) is 3.84. The second-order valence-corrected chi connectivity index (χ2v) is 7.35. The van der Waals surface area contributed by atoms with Crippen LogP contribution in [-0.2, 0) is 14.8 Å². The van der Waals surface area contributed by atoms with Gasteiger partial charge < -0.3 is 11.1 Å². The molecular formula is C12H16BrN3O3S. The van der Waals surface area contributed by atoms with E-state index in [2.05, 4.69) is 26.0 Å². The minimum Gasteiger partial charge on any atom is -0.399 e. The molecule has 0 spiro atoms. The number of benzene rings is 1. The van der Waals surface area contributed by atoms with E-state index in [1.54, 1.807) is 12.1 Å². The second-order valence-electron chi connectivity index (χ2n) is 4.82. The van der Waals surface area contributed by atoms with E-state index in [1.165, 1.54) is 13.0 Å². The number of rotatable bonds is 5. The summed E-state index contributed by atoms with van der Waals surface area (Å²) in [5.74, 6) is -0.323. The number of nitrogens with two attached hydrogens (primary N) is 1. The zero-order chi connectivity index (χ0) is 14.9. The predicted molar refractivity (Wildman–Crippen MR) is 79.5 cm³/mol. The summed E-state index contributed by atoms with van der Waals surface area (Å²) < 4.78 is 27.2. The van der Waals surface area contributed by atoms with Gasteiger partial charge in [0.25, 0.3) is 0 Å². The highest BCUT2D eigenvalue weighted by Crippen LogP contribution is 2.24. The number of anilines is 1. The van der Waals surface area contributed by atoms with Crippen LogP contribution >= 0.6 is 15.9 Å². The van der Waals surface area contributed by atoms with E-state index >= 15 is 0 Å². The van der Waals surface area contributed by atoms with Crippen LogP contribution < -0.4 is 15.8 Å². The molecule has 110 valence electrons. The van der Waals surface area contributed by atoms with Crippen molar-refractivity contribution in [2.24, 2.45) is 0 Å². The third-order valence-corrected chi connectivity index (χ3v) is 5.43. The molecule has 1 atom stereocenters. The molecule has 0 aliphatic heterocycles. The average molecular weight is 362 g/mol. The van der Waals surface area contributed by atoms with Crippen molar-refractivity contribution < 1.29 is 13.2 Å². The highest BCUT2D eigenvalue weighted by molar-refractivity contribution is 9.10. The van der Waals surface area contributed by atoms with Gasteiger partial charge in [-0.25, -0.2) is 8.42 Å². The normalized spacial score (nSPS) is 16.7. The molecule has 1 fully saturated rings. The summed E-state index contributed by atoms with van der Waals surface area (Å²) in [7, 11) is -3.81. The first kappa shape index (κ1) is 15.3. The van der Waals surface area contributed by atoms with Crippen molar-refractivity contribution >= 4 is 37.5 Å². The molecule has 0 heterocycles. The molecule has 0 radical (unpaired) electrons. The quantitative estimate of drug-likeness (QED) is 0.680. The highest BCUT2D eigenvalue weighted by Gasteiger charge is 2.28. The summed E-state index contributed by atoms with van der Waals surface area (Å²) in [6.07, 6.45) is 1.90. The molecule has 1 aliphatic rings. The van der Waals surface area contributed by atoms with Crippen molar-refractivity contribution in [1.29, 1.82) is 0 Å². The third kappa shape index (κ3) is 3.71. The zero-order valence-electron chi connectivity index (χ0n) is 10.9. The lowest BCUT2D eigenvalue weighted by atomic mass is 10.3. The minimum atomic E-state index is -3.81. The lowest BCUT2D eigenvalue weighted by Gasteiger charge is -2.15. The van der Waals surface area contributed by atoms with Crippen LogP contribution in [0.25, 0.3) is 0 Å². The Bertz CT molecular complexity index is 629. The van der Waals surface area contributed by atoms with Crippen LogP contribution in [-0.4, -0.2) is 26.4 Å². The second kappa shape index (κ2) is 5.71. The van der Waals surface area contributed by atoms with E-state index in [9.17, 15) is 13.2 Å². The molecule has 8 heteroatoms. The number of amides is 1. The number of hydrogen-bond acceptors (Lipinski definition) is 4. The third-order valence-electron chi connectivity index (χ3n) is 2.89. The number of hydrogen-bond donors (Lipinski definition) is 3. The Balaban J connectivity index is 2.13. The first-order valence-electron chi connectivity index (χ1n) is 6.17. The van der Waals surface area contributed by atoms with E-state index in [4.69, 9.17) is 5.73 Å². The van der Waals surface area contributed by atoms with Crippen LogP contribution in [0.4, 0.5) is 5.69 Å². The first-order chi connectivity index (χ1) is 9.29. The van der Waals surface area contributed by atoms with Crippen molar-refractivity contribution in [3.05, 3.63) is 22.7 Å². The van der Waals surface area contributed by atoms with E-state index in [1.807, 2.05) is 0 Å².